The lowest BCUT2D eigenvalue weighted by atomic mass is 9.84. The molecule has 0 bridgehead atoms. The Bertz CT molecular complexity index is 715. The van der Waals surface area contributed by atoms with E-state index in [1.165, 1.54) is 24.5 Å². The minimum atomic E-state index is -1.04. The van der Waals surface area contributed by atoms with Gasteiger partial charge < -0.3 is 14.6 Å². The Morgan fingerprint density at radius 3 is 2.67 bits per heavy atom. The Hall–Kier alpha value is -2.49. The van der Waals surface area contributed by atoms with Gasteiger partial charge in [0.1, 0.15) is 11.5 Å². The zero-order valence-corrected chi connectivity index (χ0v) is 16.4. The van der Waals surface area contributed by atoms with Crippen molar-refractivity contribution in [2.75, 3.05) is 0 Å². The van der Waals surface area contributed by atoms with Gasteiger partial charge in [0.2, 0.25) is 0 Å². The Balaban J connectivity index is 2.45. The van der Waals surface area contributed by atoms with Crippen LogP contribution in [-0.4, -0.2) is 11.1 Å². The first-order valence-corrected chi connectivity index (χ1v) is 9.73. The van der Waals surface area contributed by atoms with Gasteiger partial charge in [-0.1, -0.05) is 38.0 Å². The van der Waals surface area contributed by atoms with Crippen LogP contribution in [0.5, 0.6) is 11.5 Å². The van der Waals surface area contributed by atoms with E-state index < -0.39 is 5.97 Å². The van der Waals surface area contributed by atoms with E-state index in [4.69, 9.17) is 14.6 Å². The number of rotatable bonds is 10. The van der Waals surface area contributed by atoms with Crippen molar-refractivity contribution in [3.8, 4) is 11.5 Å². The summed E-state index contributed by atoms with van der Waals surface area (Å²) in [4.78, 5) is 10.8. The molecule has 1 unspecified atom stereocenters. The molecule has 0 radical (unpaired) electrons. The molecule has 1 aromatic rings. The summed E-state index contributed by atoms with van der Waals surface area (Å²) in [6.07, 6.45) is 13.5. The molecular formula is C23H30O4. The Kier molecular flexibility index (Phi) is 8.18. The monoisotopic (exact) mass is 370 g/mol. The number of carbonyl (C=O) groups is 1. The van der Waals surface area contributed by atoms with E-state index in [0.29, 0.717) is 5.75 Å². The number of unbranched alkanes of at least 4 members (excludes halogenated alkanes) is 2. The number of carboxylic acids is 1. The Labute approximate surface area is 162 Å². The van der Waals surface area contributed by atoms with Crippen LogP contribution in [0.1, 0.15) is 69.4 Å². The van der Waals surface area contributed by atoms with Crippen LogP contribution in [0.25, 0.3) is 0 Å². The zero-order chi connectivity index (χ0) is 19.6. The molecule has 2 rings (SSSR count). The van der Waals surface area contributed by atoms with Crippen molar-refractivity contribution >= 4 is 5.97 Å². The van der Waals surface area contributed by atoms with Gasteiger partial charge in [-0.15, -0.1) is 0 Å². The number of aryl methyl sites for hydroxylation is 1. The minimum Gasteiger partial charge on any atom is -0.478 e. The summed E-state index contributed by atoms with van der Waals surface area (Å²) in [6, 6.07) is 4.09. The average Bonchev–Trinajstić information content (AvgIpc) is 2.62. The molecule has 0 heterocycles. The van der Waals surface area contributed by atoms with Crippen molar-refractivity contribution < 1.29 is 19.4 Å². The van der Waals surface area contributed by atoms with Crippen molar-refractivity contribution in [3.63, 3.8) is 0 Å². The highest BCUT2D eigenvalue weighted by Crippen LogP contribution is 2.43. The summed E-state index contributed by atoms with van der Waals surface area (Å²) in [7, 11) is 0. The maximum atomic E-state index is 10.8. The molecule has 1 atom stereocenters. The highest BCUT2D eigenvalue weighted by molar-refractivity contribution is 5.79. The SMILES string of the molecule is C=COc1cc(CCCCC)cc(O/C=C/C(=O)O)c1C1C=C(C)CCC1. The molecule has 0 saturated carbocycles. The third kappa shape index (κ3) is 6.31. The lowest BCUT2D eigenvalue weighted by molar-refractivity contribution is -0.131. The topological polar surface area (TPSA) is 55.8 Å². The summed E-state index contributed by atoms with van der Waals surface area (Å²) in [5, 5.41) is 8.87. The summed E-state index contributed by atoms with van der Waals surface area (Å²) >= 11 is 0. The lowest BCUT2D eigenvalue weighted by Gasteiger charge is -2.24. The van der Waals surface area contributed by atoms with Crippen LogP contribution >= 0.6 is 0 Å². The van der Waals surface area contributed by atoms with Crippen molar-refractivity contribution in [2.45, 2.75) is 64.7 Å². The summed E-state index contributed by atoms with van der Waals surface area (Å²) in [5.74, 6) is 0.557. The molecule has 0 aliphatic heterocycles. The van der Waals surface area contributed by atoms with E-state index in [1.807, 2.05) is 6.07 Å². The van der Waals surface area contributed by atoms with Gasteiger partial charge in [0, 0.05) is 11.5 Å². The molecular weight excluding hydrogens is 340 g/mol. The largest absolute Gasteiger partial charge is 0.478 e. The predicted molar refractivity (Wildman–Crippen MR) is 108 cm³/mol. The molecule has 0 amide bonds. The van der Waals surface area contributed by atoms with Crippen LogP contribution in [0, 0.1) is 0 Å². The number of aliphatic carboxylic acids is 1. The van der Waals surface area contributed by atoms with Gasteiger partial charge in [0.25, 0.3) is 0 Å². The molecule has 0 spiro atoms. The normalized spacial score (nSPS) is 16.8. The lowest BCUT2D eigenvalue weighted by Crippen LogP contribution is -2.07. The first-order valence-electron chi connectivity index (χ1n) is 9.73. The molecule has 1 aromatic carbocycles. The van der Waals surface area contributed by atoms with Gasteiger partial charge in [-0.05, 0) is 56.7 Å². The van der Waals surface area contributed by atoms with E-state index in [9.17, 15) is 4.79 Å². The third-order valence-corrected chi connectivity index (χ3v) is 4.79. The predicted octanol–water partition coefficient (Wildman–Crippen LogP) is 6.13. The fourth-order valence-corrected chi connectivity index (χ4v) is 3.53. The number of ether oxygens (including phenoxy) is 2. The number of hydrogen-bond acceptors (Lipinski definition) is 3. The van der Waals surface area contributed by atoms with Gasteiger partial charge in [0.05, 0.1) is 18.6 Å². The molecule has 0 saturated heterocycles. The van der Waals surface area contributed by atoms with E-state index in [2.05, 4.69) is 32.6 Å². The van der Waals surface area contributed by atoms with Crippen LogP contribution < -0.4 is 9.47 Å². The molecule has 0 fully saturated rings. The van der Waals surface area contributed by atoms with E-state index in [1.54, 1.807) is 0 Å². The second kappa shape index (κ2) is 10.6. The van der Waals surface area contributed by atoms with Gasteiger partial charge >= 0.3 is 5.97 Å². The van der Waals surface area contributed by atoms with Crippen molar-refractivity contribution in [1.29, 1.82) is 0 Å². The van der Waals surface area contributed by atoms with Crippen LogP contribution in [0.15, 0.2) is 49.0 Å². The number of allylic oxidation sites excluding steroid dienone is 2. The summed E-state index contributed by atoms with van der Waals surface area (Å²) in [6.45, 7) is 8.03. The van der Waals surface area contributed by atoms with Crippen molar-refractivity contribution in [2.24, 2.45) is 0 Å². The second-order valence-corrected chi connectivity index (χ2v) is 7.02. The second-order valence-electron chi connectivity index (χ2n) is 7.02. The Morgan fingerprint density at radius 1 is 1.30 bits per heavy atom. The molecule has 1 aliphatic carbocycles. The Morgan fingerprint density at radius 2 is 2.04 bits per heavy atom. The first kappa shape index (κ1) is 20.8. The van der Waals surface area contributed by atoms with E-state index in [-0.39, 0.29) is 5.92 Å². The quantitative estimate of drug-likeness (QED) is 0.233. The fraction of sp³-hybridized carbons (Fsp3) is 0.435. The highest BCUT2D eigenvalue weighted by atomic mass is 16.5. The maximum Gasteiger partial charge on any atom is 0.331 e. The van der Waals surface area contributed by atoms with Gasteiger partial charge in [-0.25, -0.2) is 4.79 Å². The highest BCUT2D eigenvalue weighted by Gasteiger charge is 2.23. The standard InChI is InChI=1S/C23H30O4/c1-4-6-7-10-18-15-20(26-5-2)23(19-11-8-9-17(3)14-19)21(16-18)27-13-12-22(24)25/h5,12-16,19H,2,4,6-11H2,1,3H3,(H,24,25)/b13-12+. The molecule has 4 nitrogen and oxygen atoms in total. The van der Waals surface area contributed by atoms with Crippen molar-refractivity contribution in [1.82, 2.24) is 0 Å². The summed E-state index contributed by atoms with van der Waals surface area (Å²) < 4.78 is 11.5. The van der Waals surface area contributed by atoms with Crippen LogP contribution in [-0.2, 0) is 11.2 Å². The van der Waals surface area contributed by atoms with Crippen LogP contribution in [0.2, 0.25) is 0 Å². The van der Waals surface area contributed by atoms with Gasteiger partial charge in [-0.2, -0.15) is 0 Å². The number of carboxylic acid groups (broad SMARTS) is 1. The fourth-order valence-electron chi connectivity index (χ4n) is 3.53. The van der Waals surface area contributed by atoms with E-state index in [0.717, 1.165) is 61.5 Å². The summed E-state index contributed by atoms with van der Waals surface area (Å²) in [5.41, 5.74) is 3.44. The minimum absolute atomic E-state index is 0.187. The van der Waals surface area contributed by atoms with Crippen LogP contribution in [0.4, 0.5) is 0 Å². The molecule has 146 valence electrons. The smallest absolute Gasteiger partial charge is 0.331 e. The zero-order valence-electron chi connectivity index (χ0n) is 16.4. The van der Waals surface area contributed by atoms with E-state index >= 15 is 0 Å². The number of benzene rings is 1. The molecule has 1 N–H and O–H groups in total. The van der Waals surface area contributed by atoms with Gasteiger partial charge in [-0.3, -0.25) is 0 Å². The molecule has 1 aliphatic rings. The first-order chi connectivity index (χ1) is 13.0. The molecule has 27 heavy (non-hydrogen) atoms. The van der Waals surface area contributed by atoms with Crippen LogP contribution in [0.3, 0.4) is 0 Å². The molecule has 0 aromatic heterocycles. The number of hydrogen-bond donors (Lipinski definition) is 1. The van der Waals surface area contributed by atoms with Crippen molar-refractivity contribution in [3.05, 3.63) is 60.1 Å². The van der Waals surface area contributed by atoms with Gasteiger partial charge in [0.15, 0.2) is 0 Å². The maximum absolute atomic E-state index is 10.8. The average molecular weight is 370 g/mol. The molecule has 4 heteroatoms. The third-order valence-electron chi connectivity index (χ3n) is 4.79.